The van der Waals surface area contributed by atoms with E-state index in [1.54, 1.807) is 0 Å². The zero-order chi connectivity index (χ0) is 27.5. The molecule has 3 heteroatoms. The van der Waals surface area contributed by atoms with Crippen LogP contribution in [0.15, 0.2) is 97.1 Å². The standard InChI is InChI=1S/C35H38O3/c1-24(2)37-30-20-14-28(15-21-30)35(6,7)29-16-22-32(23-17-29)38-31-18-10-26(11-19-31)33(36)25-8-12-27(13-9-25)34(3,4)5/h8-24H,1-7H3. The number of ketones is 1. The van der Waals surface area contributed by atoms with Crippen molar-refractivity contribution in [1.82, 2.24) is 0 Å². The van der Waals surface area contributed by atoms with Gasteiger partial charge in [-0.3, -0.25) is 4.79 Å². The molecule has 0 aliphatic carbocycles. The van der Waals surface area contributed by atoms with Gasteiger partial charge in [-0.1, -0.05) is 83.1 Å². The lowest BCUT2D eigenvalue weighted by atomic mass is 9.78. The van der Waals surface area contributed by atoms with E-state index in [9.17, 15) is 4.79 Å². The maximum absolute atomic E-state index is 12.9. The minimum absolute atomic E-state index is 0.00685. The number of carbonyl (C=O) groups excluding carboxylic acids is 1. The first kappa shape index (κ1) is 27.2. The van der Waals surface area contributed by atoms with Gasteiger partial charge in [0.15, 0.2) is 5.78 Å². The molecule has 0 bridgehead atoms. The average molecular weight is 507 g/mol. The molecule has 0 radical (unpaired) electrons. The van der Waals surface area contributed by atoms with E-state index in [0.29, 0.717) is 16.9 Å². The molecule has 4 rings (SSSR count). The quantitative estimate of drug-likeness (QED) is 0.224. The summed E-state index contributed by atoms with van der Waals surface area (Å²) in [6, 6.07) is 31.7. The molecule has 0 spiro atoms. The Hall–Kier alpha value is -3.85. The predicted molar refractivity (Wildman–Crippen MR) is 156 cm³/mol. The van der Waals surface area contributed by atoms with Crippen molar-refractivity contribution < 1.29 is 14.3 Å². The summed E-state index contributed by atoms with van der Waals surface area (Å²) in [7, 11) is 0. The van der Waals surface area contributed by atoms with E-state index in [2.05, 4.69) is 58.9 Å². The van der Waals surface area contributed by atoms with Gasteiger partial charge in [0.05, 0.1) is 6.10 Å². The number of benzene rings is 4. The molecule has 0 amide bonds. The van der Waals surface area contributed by atoms with Crippen molar-refractivity contribution in [2.75, 3.05) is 0 Å². The van der Waals surface area contributed by atoms with Crippen molar-refractivity contribution in [1.29, 1.82) is 0 Å². The predicted octanol–water partition coefficient (Wildman–Crippen LogP) is 9.12. The highest BCUT2D eigenvalue weighted by Crippen LogP contribution is 2.34. The molecule has 0 fully saturated rings. The first-order valence-electron chi connectivity index (χ1n) is 13.2. The van der Waals surface area contributed by atoms with Crippen LogP contribution in [0.1, 0.15) is 81.1 Å². The first-order valence-corrected chi connectivity index (χ1v) is 13.2. The Bertz CT molecular complexity index is 1350. The second-order valence-electron chi connectivity index (χ2n) is 11.6. The molecule has 4 aromatic carbocycles. The Kier molecular flexibility index (Phi) is 7.78. The zero-order valence-electron chi connectivity index (χ0n) is 23.5. The van der Waals surface area contributed by atoms with Crippen LogP contribution in [0.2, 0.25) is 0 Å². The molecule has 0 unspecified atom stereocenters. The van der Waals surface area contributed by atoms with Crippen molar-refractivity contribution >= 4 is 5.78 Å². The summed E-state index contributed by atoms with van der Waals surface area (Å²) < 4.78 is 11.9. The molecule has 0 saturated heterocycles. The summed E-state index contributed by atoms with van der Waals surface area (Å²) in [6.45, 7) is 15.0. The van der Waals surface area contributed by atoms with Gasteiger partial charge in [-0.2, -0.15) is 0 Å². The molecular formula is C35H38O3. The van der Waals surface area contributed by atoms with Gasteiger partial charge in [0.2, 0.25) is 0 Å². The lowest BCUT2D eigenvalue weighted by Gasteiger charge is -2.26. The van der Waals surface area contributed by atoms with E-state index in [0.717, 1.165) is 11.5 Å². The maximum Gasteiger partial charge on any atom is 0.193 e. The van der Waals surface area contributed by atoms with Crippen LogP contribution in [-0.2, 0) is 10.8 Å². The molecule has 0 aliphatic rings. The maximum atomic E-state index is 12.9. The zero-order valence-corrected chi connectivity index (χ0v) is 23.5. The van der Waals surface area contributed by atoms with Crippen LogP contribution >= 0.6 is 0 Å². The van der Waals surface area contributed by atoms with E-state index in [1.165, 1.54) is 16.7 Å². The van der Waals surface area contributed by atoms with E-state index in [-0.39, 0.29) is 22.7 Å². The Labute approximate surface area is 227 Å². The third-order valence-electron chi connectivity index (χ3n) is 6.89. The van der Waals surface area contributed by atoms with Crippen LogP contribution in [-0.4, -0.2) is 11.9 Å². The van der Waals surface area contributed by atoms with Gasteiger partial charge in [-0.25, -0.2) is 0 Å². The van der Waals surface area contributed by atoms with Crippen LogP contribution in [0, 0.1) is 0 Å². The van der Waals surface area contributed by atoms with Gasteiger partial charge in [0.1, 0.15) is 17.2 Å². The molecule has 0 aromatic heterocycles. The largest absolute Gasteiger partial charge is 0.491 e. The molecule has 0 saturated carbocycles. The van der Waals surface area contributed by atoms with Gasteiger partial charge < -0.3 is 9.47 Å². The van der Waals surface area contributed by atoms with Crippen molar-refractivity contribution in [3.8, 4) is 17.2 Å². The van der Waals surface area contributed by atoms with Crippen molar-refractivity contribution in [3.05, 3.63) is 125 Å². The number of carbonyl (C=O) groups is 1. The second-order valence-corrected chi connectivity index (χ2v) is 11.6. The molecular weight excluding hydrogens is 468 g/mol. The van der Waals surface area contributed by atoms with E-state index < -0.39 is 0 Å². The van der Waals surface area contributed by atoms with Crippen LogP contribution in [0.5, 0.6) is 17.2 Å². The smallest absolute Gasteiger partial charge is 0.193 e. The lowest BCUT2D eigenvalue weighted by molar-refractivity contribution is 0.103. The third kappa shape index (κ3) is 6.34. The number of hydrogen-bond donors (Lipinski definition) is 0. The van der Waals surface area contributed by atoms with Crippen LogP contribution in [0.4, 0.5) is 0 Å². The molecule has 0 N–H and O–H groups in total. The van der Waals surface area contributed by atoms with Gasteiger partial charge in [-0.05, 0) is 84.5 Å². The number of ether oxygens (including phenoxy) is 2. The van der Waals surface area contributed by atoms with E-state index in [1.807, 2.05) is 86.6 Å². The van der Waals surface area contributed by atoms with Gasteiger partial charge in [0.25, 0.3) is 0 Å². The molecule has 0 aliphatic heterocycles. The highest BCUT2D eigenvalue weighted by molar-refractivity contribution is 6.09. The molecule has 4 aromatic rings. The minimum atomic E-state index is -0.165. The fraction of sp³-hybridized carbons (Fsp3) is 0.286. The number of hydrogen-bond acceptors (Lipinski definition) is 3. The van der Waals surface area contributed by atoms with Crippen molar-refractivity contribution in [3.63, 3.8) is 0 Å². The summed E-state index contributed by atoms with van der Waals surface area (Å²) in [5.41, 5.74) is 4.84. The average Bonchev–Trinajstić information content (AvgIpc) is 2.89. The van der Waals surface area contributed by atoms with Crippen molar-refractivity contribution in [2.45, 2.75) is 65.4 Å². The monoisotopic (exact) mass is 506 g/mol. The van der Waals surface area contributed by atoms with Gasteiger partial charge >= 0.3 is 0 Å². The topological polar surface area (TPSA) is 35.5 Å². The van der Waals surface area contributed by atoms with E-state index in [4.69, 9.17) is 9.47 Å². The SMILES string of the molecule is CC(C)Oc1ccc(C(C)(C)c2ccc(Oc3ccc(C(=O)c4ccc(C(C)(C)C)cc4)cc3)cc2)cc1. The summed E-state index contributed by atoms with van der Waals surface area (Å²) in [4.78, 5) is 12.9. The second kappa shape index (κ2) is 10.9. The van der Waals surface area contributed by atoms with Crippen LogP contribution in [0.25, 0.3) is 0 Å². The van der Waals surface area contributed by atoms with Gasteiger partial charge in [-0.15, -0.1) is 0 Å². The first-order chi connectivity index (χ1) is 17.9. The lowest BCUT2D eigenvalue weighted by Crippen LogP contribution is -2.18. The Morgan fingerprint density at radius 2 is 0.921 bits per heavy atom. The summed E-state index contributed by atoms with van der Waals surface area (Å²) in [6.07, 6.45) is 0.156. The Morgan fingerprint density at radius 3 is 1.34 bits per heavy atom. The van der Waals surface area contributed by atoms with Gasteiger partial charge in [0, 0.05) is 16.5 Å². The van der Waals surface area contributed by atoms with Crippen LogP contribution in [0.3, 0.4) is 0 Å². The normalized spacial score (nSPS) is 11.9. The molecule has 0 heterocycles. The molecule has 38 heavy (non-hydrogen) atoms. The Balaban J connectivity index is 1.42. The fourth-order valence-corrected chi connectivity index (χ4v) is 4.43. The highest BCUT2D eigenvalue weighted by Gasteiger charge is 2.23. The highest BCUT2D eigenvalue weighted by atomic mass is 16.5. The minimum Gasteiger partial charge on any atom is -0.491 e. The molecule has 0 atom stereocenters. The summed E-state index contributed by atoms with van der Waals surface area (Å²) in [5.74, 6) is 2.33. The molecule has 196 valence electrons. The fourth-order valence-electron chi connectivity index (χ4n) is 4.43. The van der Waals surface area contributed by atoms with Crippen LogP contribution < -0.4 is 9.47 Å². The van der Waals surface area contributed by atoms with Crippen molar-refractivity contribution in [2.24, 2.45) is 0 Å². The number of rotatable bonds is 8. The Morgan fingerprint density at radius 1 is 0.553 bits per heavy atom. The summed E-state index contributed by atoms with van der Waals surface area (Å²) in [5, 5.41) is 0. The van der Waals surface area contributed by atoms with E-state index >= 15 is 0 Å². The third-order valence-corrected chi connectivity index (χ3v) is 6.89. The molecule has 3 nitrogen and oxygen atoms in total. The summed E-state index contributed by atoms with van der Waals surface area (Å²) >= 11 is 0.